The number of nitrogens with one attached hydrogen (secondary N) is 1. The lowest BCUT2D eigenvalue weighted by Crippen LogP contribution is -2.25. The van der Waals surface area contributed by atoms with E-state index >= 15 is 0 Å². The summed E-state index contributed by atoms with van der Waals surface area (Å²) in [5, 5.41) is 4.60. The first-order valence-corrected chi connectivity index (χ1v) is 5.92. The third-order valence-electron chi connectivity index (χ3n) is 2.82. The zero-order chi connectivity index (χ0) is 12.1. The number of benzene rings is 1. The standard InChI is InChI=1S/C14H18N2O/c1-3-15-13(10-17-2)12-8-4-6-11-7-5-9-16-14(11)12/h4-9,13,15H,3,10H2,1-2H3. The molecule has 90 valence electrons. The van der Waals surface area contributed by atoms with Crippen molar-refractivity contribution in [2.24, 2.45) is 0 Å². The molecule has 1 atom stereocenters. The van der Waals surface area contributed by atoms with Crippen LogP contribution in [-0.4, -0.2) is 25.2 Å². The summed E-state index contributed by atoms with van der Waals surface area (Å²) in [6.07, 6.45) is 1.83. The van der Waals surface area contributed by atoms with Crippen molar-refractivity contribution in [1.82, 2.24) is 10.3 Å². The van der Waals surface area contributed by atoms with Gasteiger partial charge in [-0.2, -0.15) is 0 Å². The van der Waals surface area contributed by atoms with Crippen LogP contribution in [0.15, 0.2) is 36.5 Å². The minimum absolute atomic E-state index is 0.198. The van der Waals surface area contributed by atoms with Gasteiger partial charge in [0.05, 0.1) is 18.2 Å². The normalized spacial score (nSPS) is 12.8. The molecule has 0 aliphatic heterocycles. The molecule has 0 aliphatic rings. The molecule has 0 fully saturated rings. The number of rotatable bonds is 5. The van der Waals surface area contributed by atoms with Gasteiger partial charge in [0.1, 0.15) is 0 Å². The molecule has 17 heavy (non-hydrogen) atoms. The number of para-hydroxylation sites is 1. The molecule has 0 radical (unpaired) electrons. The molecule has 1 heterocycles. The maximum Gasteiger partial charge on any atom is 0.0750 e. The molecule has 2 aromatic rings. The number of likely N-dealkylation sites (N-methyl/N-ethyl adjacent to an activating group) is 1. The van der Waals surface area contributed by atoms with Crippen LogP contribution >= 0.6 is 0 Å². The Balaban J connectivity index is 2.44. The Morgan fingerprint density at radius 3 is 2.88 bits per heavy atom. The molecule has 0 saturated heterocycles. The van der Waals surface area contributed by atoms with Crippen LogP contribution in [0.2, 0.25) is 0 Å². The molecule has 0 spiro atoms. The minimum Gasteiger partial charge on any atom is -0.383 e. The van der Waals surface area contributed by atoms with Gasteiger partial charge in [0.2, 0.25) is 0 Å². The Labute approximate surface area is 102 Å². The number of hydrogen-bond acceptors (Lipinski definition) is 3. The average molecular weight is 230 g/mol. The molecule has 3 heteroatoms. The van der Waals surface area contributed by atoms with Gasteiger partial charge in [0.25, 0.3) is 0 Å². The highest BCUT2D eigenvalue weighted by molar-refractivity contribution is 5.82. The van der Waals surface area contributed by atoms with Gasteiger partial charge in [-0.3, -0.25) is 4.98 Å². The predicted octanol–water partition coefficient (Wildman–Crippen LogP) is 2.53. The van der Waals surface area contributed by atoms with Crippen LogP contribution in [-0.2, 0) is 4.74 Å². The van der Waals surface area contributed by atoms with E-state index in [1.807, 2.05) is 12.3 Å². The zero-order valence-corrected chi connectivity index (χ0v) is 10.3. The maximum absolute atomic E-state index is 5.27. The van der Waals surface area contributed by atoms with Crippen molar-refractivity contribution < 1.29 is 4.74 Å². The largest absolute Gasteiger partial charge is 0.383 e. The fourth-order valence-electron chi connectivity index (χ4n) is 2.08. The summed E-state index contributed by atoms with van der Waals surface area (Å²) in [7, 11) is 1.73. The van der Waals surface area contributed by atoms with E-state index in [1.165, 1.54) is 10.9 Å². The lowest BCUT2D eigenvalue weighted by molar-refractivity contribution is 0.168. The lowest BCUT2D eigenvalue weighted by atomic mass is 10.0. The number of nitrogens with zero attached hydrogens (tertiary/aromatic N) is 1. The van der Waals surface area contributed by atoms with Gasteiger partial charge in [-0.15, -0.1) is 0 Å². The Morgan fingerprint density at radius 1 is 1.29 bits per heavy atom. The van der Waals surface area contributed by atoms with Crippen molar-refractivity contribution >= 4 is 10.9 Å². The average Bonchev–Trinajstić information content (AvgIpc) is 2.38. The highest BCUT2D eigenvalue weighted by atomic mass is 16.5. The first-order valence-electron chi connectivity index (χ1n) is 5.92. The molecular weight excluding hydrogens is 212 g/mol. The van der Waals surface area contributed by atoms with Crippen molar-refractivity contribution in [2.75, 3.05) is 20.3 Å². The molecule has 1 aromatic carbocycles. The van der Waals surface area contributed by atoms with Crippen LogP contribution in [0.5, 0.6) is 0 Å². The maximum atomic E-state index is 5.27. The SMILES string of the molecule is CCNC(COC)c1cccc2cccnc12. The molecule has 0 saturated carbocycles. The topological polar surface area (TPSA) is 34.1 Å². The van der Waals surface area contributed by atoms with Gasteiger partial charge in [0, 0.05) is 18.7 Å². The number of ether oxygens (including phenoxy) is 1. The highest BCUT2D eigenvalue weighted by Gasteiger charge is 2.13. The van der Waals surface area contributed by atoms with E-state index < -0.39 is 0 Å². The monoisotopic (exact) mass is 230 g/mol. The first kappa shape index (κ1) is 12.0. The third-order valence-corrected chi connectivity index (χ3v) is 2.82. The number of hydrogen-bond donors (Lipinski definition) is 1. The lowest BCUT2D eigenvalue weighted by Gasteiger charge is -2.18. The summed E-state index contributed by atoms with van der Waals surface area (Å²) in [5.74, 6) is 0. The van der Waals surface area contributed by atoms with E-state index in [0.717, 1.165) is 12.1 Å². The molecule has 1 aromatic heterocycles. The van der Waals surface area contributed by atoms with Crippen molar-refractivity contribution in [1.29, 1.82) is 0 Å². The number of pyridine rings is 1. The van der Waals surface area contributed by atoms with E-state index in [1.54, 1.807) is 7.11 Å². The number of aromatic nitrogens is 1. The number of fused-ring (bicyclic) bond motifs is 1. The van der Waals surface area contributed by atoms with Crippen molar-refractivity contribution in [2.45, 2.75) is 13.0 Å². The second kappa shape index (κ2) is 5.75. The van der Waals surface area contributed by atoms with Gasteiger partial charge in [-0.25, -0.2) is 0 Å². The summed E-state index contributed by atoms with van der Waals surface area (Å²) < 4.78 is 5.27. The Kier molecular flexibility index (Phi) is 4.07. The van der Waals surface area contributed by atoms with Crippen molar-refractivity contribution in [3.8, 4) is 0 Å². The van der Waals surface area contributed by atoms with E-state index in [4.69, 9.17) is 4.74 Å². The quantitative estimate of drug-likeness (QED) is 0.857. The van der Waals surface area contributed by atoms with Gasteiger partial charge in [-0.1, -0.05) is 31.2 Å². The van der Waals surface area contributed by atoms with Crippen LogP contribution in [0.1, 0.15) is 18.5 Å². The van der Waals surface area contributed by atoms with Crippen molar-refractivity contribution in [3.05, 3.63) is 42.1 Å². The van der Waals surface area contributed by atoms with Crippen LogP contribution in [0.4, 0.5) is 0 Å². The fourth-order valence-corrected chi connectivity index (χ4v) is 2.08. The molecule has 0 bridgehead atoms. The molecule has 3 nitrogen and oxygen atoms in total. The molecule has 1 unspecified atom stereocenters. The van der Waals surface area contributed by atoms with E-state index in [2.05, 4.69) is 41.5 Å². The molecule has 0 aliphatic carbocycles. The van der Waals surface area contributed by atoms with Crippen LogP contribution in [0, 0.1) is 0 Å². The summed E-state index contributed by atoms with van der Waals surface area (Å²) in [4.78, 5) is 4.47. The first-order chi connectivity index (χ1) is 8.36. The van der Waals surface area contributed by atoms with Crippen molar-refractivity contribution in [3.63, 3.8) is 0 Å². The summed E-state index contributed by atoms with van der Waals surface area (Å²) in [6, 6.07) is 10.5. The van der Waals surface area contributed by atoms with Crippen LogP contribution in [0.25, 0.3) is 10.9 Å². The molecule has 0 amide bonds. The molecular formula is C14H18N2O. The van der Waals surface area contributed by atoms with Crippen LogP contribution in [0.3, 0.4) is 0 Å². The Bertz CT molecular complexity index is 473. The van der Waals surface area contributed by atoms with Gasteiger partial charge in [0.15, 0.2) is 0 Å². The van der Waals surface area contributed by atoms with Crippen LogP contribution < -0.4 is 5.32 Å². The zero-order valence-electron chi connectivity index (χ0n) is 10.3. The minimum atomic E-state index is 0.198. The van der Waals surface area contributed by atoms with Gasteiger partial charge in [-0.05, 0) is 18.2 Å². The smallest absolute Gasteiger partial charge is 0.0750 e. The molecule has 1 N–H and O–H groups in total. The third kappa shape index (κ3) is 2.62. The van der Waals surface area contributed by atoms with Gasteiger partial charge < -0.3 is 10.1 Å². The Morgan fingerprint density at radius 2 is 2.12 bits per heavy atom. The summed E-state index contributed by atoms with van der Waals surface area (Å²) >= 11 is 0. The Hall–Kier alpha value is -1.45. The van der Waals surface area contributed by atoms with E-state index in [-0.39, 0.29) is 6.04 Å². The predicted molar refractivity (Wildman–Crippen MR) is 70.0 cm³/mol. The van der Waals surface area contributed by atoms with Gasteiger partial charge >= 0.3 is 0 Å². The second-order valence-corrected chi connectivity index (χ2v) is 3.99. The summed E-state index contributed by atoms with van der Waals surface area (Å²) in [5.41, 5.74) is 2.25. The summed E-state index contributed by atoms with van der Waals surface area (Å²) in [6.45, 7) is 3.67. The fraction of sp³-hybridized carbons (Fsp3) is 0.357. The highest BCUT2D eigenvalue weighted by Crippen LogP contribution is 2.22. The second-order valence-electron chi connectivity index (χ2n) is 3.99. The number of methoxy groups -OCH3 is 1. The van der Waals surface area contributed by atoms with E-state index in [0.29, 0.717) is 6.61 Å². The molecule has 2 rings (SSSR count). The van der Waals surface area contributed by atoms with E-state index in [9.17, 15) is 0 Å².